The van der Waals surface area contributed by atoms with Crippen molar-refractivity contribution >= 4 is 17.4 Å². The highest BCUT2D eigenvalue weighted by Crippen LogP contribution is 2.21. The third-order valence-corrected chi connectivity index (χ3v) is 4.36. The van der Waals surface area contributed by atoms with Gasteiger partial charge in [0.25, 0.3) is 0 Å². The summed E-state index contributed by atoms with van der Waals surface area (Å²) in [6.45, 7) is 9.00. The standard InChI is InChI=1S/C15H27N3O2S/c1-6-12-8-16-13(21-12)9-18(5)14(20)17-10-15(3,4)7-11(2)19/h8,11,19H,6-7,9-10H2,1-5H3,(H,17,20). The van der Waals surface area contributed by atoms with E-state index in [1.165, 1.54) is 4.88 Å². The Bertz CT molecular complexity index is 458. The van der Waals surface area contributed by atoms with Gasteiger partial charge in [-0.3, -0.25) is 0 Å². The summed E-state index contributed by atoms with van der Waals surface area (Å²) < 4.78 is 0. The molecule has 1 heterocycles. The molecule has 21 heavy (non-hydrogen) atoms. The highest BCUT2D eigenvalue weighted by molar-refractivity contribution is 7.11. The van der Waals surface area contributed by atoms with Crippen molar-refractivity contribution in [1.29, 1.82) is 0 Å². The number of rotatable bonds is 7. The van der Waals surface area contributed by atoms with Crippen LogP contribution in [0.2, 0.25) is 0 Å². The number of amides is 2. The van der Waals surface area contributed by atoms with E-state index >= 15 is 0 Å². The van der Waals surface area contributed by atoms with E-state index in [9.17, 15) is 9.90 Å². The lowest BCUT2D eigenvalue weighted by atomic mass is 9.87. The Hall–Kier alpha value is -1.14. The Morgan fingerprint density at radius 2 is 2.24 bits per heavy atom. The minimum atomic E-state index is -0.364. The van der Waals surface area contributed by atoms with Gasteiger partial charge < -0.3 is 15.3 Å². The van der Waals surface area contributed by atoms with Crippen molar-refractivity contribution in [2.24, 2.45) is 5.41 Å². The highest BCUT2D eigenvalue weighted by Gasteiger charge is 2.22. The Labute approximate surface area is 131 Å². The summed E-state index contributed by atoms with van der Waals surface area (Å²) in [6, 6.07) is -0.109. The van der Waals surface area contributed by atoms with Gasteiger partial charge in [-0.05, 0) is 25.2 Å². The van der Waals surface area contributed by atoms with Gasteiger partial charge in [-0.1, -0.05) is 20.8 Å². The van der Waals surface area contributed by atoms with E-state index in [2.05, 4.69) is 17.2 Å². The van der Waals surface area contributed by atoms with Crippen molar-refractivity contribution in [3.05, 3.63) is 16.1 Å². The SMILES string of the molecule is CCc1cnc(CN(C)C(=O)NCC(C)(C)CC(C)O)s1. The van der Waals surface area contributed by atoms with Crippen LogP contribution in [0, 0.1) is 5.41 Å². The topological polar surface area (TPSA) is 65.5 Å². The quantitative estimate of drug-likeness (QED) is 0.813. The first-order valence-corrected chi connectivity index (χ1v) is 8.16. The monoisotopic (exact) mass is 313 g/mol. The van der Waals surface area contributed by atoms with Crippen molar-refractivity contribution < 1.29 is 9.90 Å². The molecule has 0 saturated carbocycles. The van der Waals surface area contributed by atoms with Gasteiger partial charge in [0, 0.05) is 24.7 Å². The lowest BCUT2D eigenvalue weighted by molar-refractivity contribution is 0.127. The maximum atomic E-state index is 12.1. The summed E-state index contributed by atoms with van der Waals surface area (Å²) in [5.41, 5.74) is -0.124. The number of nitrogens with one attached hydrogen (secondary N) is 1. The number of carbonyl (C=O) groups is 1. The molecule has 1 aromatic rings. The van der Waals surface area contributed by atoms with Crippen molar-refractivity contribution in [2.45, 2.75) is 53.2 Å². The summed E-state index contributed by atoms with van der Waals surface area (Å²) in [5, 5.41) is 13.3. The van der Waals surface area contributed by atoms with Crippen LogP contribution in [-0.4, -0.2) is 40.7 Å². The zero-order valence-electron chi connectivity index (χ0n) is 13.6. The van der Waals surface area contributed by atoms with Crippen LogP contribution in [0.25, 0.3) is 0 Å². The summed E-state index contributed by atoms with van der Waals surface area (Å²) >= 11 is 1.64. The maximum Gasteiger partial charge on any atom is 0.317 e. The Morgan fingerprint density at radius 3 is 2.76 bits per heavy atom. The van der Waals surface area contributed by atoms with E-state index in [1.54, 1.807) is 30.2 Å². The van der Waals surface area contributed by atoms with Gasteiger partial charge >= 0.3 is 6.03 Å². The fraction of sp³-hybridized carbons (Fsp3) is 0.733. The van der Waals surface area contributed by atoms with Gasteiger partial charge in [0.15, 0.2) is 0 Å². The van der Waals surface area contributed by atoms with Gasteiger partial charge in [-0.15, -0.1) is 11.3 Å². The van der Waals surface area contributed by atoms with Crippen molar-refractivity contribution in [3.8, 4) is 0 Å². The summed E-state index contributed by atoms with van der Waals surface area (Å²) in [7, 11) is 1.77. The zero-order chi connectivity index (χ0) is 16.0. The molecule has 0 aliphatic heterocycles. The van der Waals surface area contributed by atoms with E-state index in [1.807, 2.05) is 20.0 Å². The fourth-order valence-corrected chi connectivity index (χ4v) is 3.10. The van der Waals surface area contributed by atoms with Gasteiger partial charge in [0.05, 0.1) is 12.6 Å². The lowest BCUT2D eigenvalue weighted by Crippen LogP contribution is -2.42. The van der Waals surface area contributed by atoms with E-state index in [-0.39, 0.29) is 17.6 Å². The second-order valence-electron chi connectivity index (χ2n) is 6.31. The third kappa shape index (κ3) is 6.44. The first-order valence-electron chi connectivity index (χ1n) is 7.34. The molecule has 2 N–H and O–H groups in total. The van der Waals surface area contributed by atoms with Crippen molar-refractivity contribution in [1.82, 2.24) is 15.2 Å². The molecule has 0 spiro atoms. The number of hydrogen-bond acceptors (Lipinski definition) is 4. The number of aliphatic hydroxyl groups is 1. The third-order valence-electron chi connectivity index (χ3n) is 3.24. The zero-order valence-corrected chi connectivity index (χ0v) is 14.5. The molecule has 0 fully saturated rings. The Morgan fingerprint density at radius 1 is 1.57 bits per heavy atom. The molecule has 5 nitrogen and oxygen atoms in total. The molecule has 0 aliphatic carbocycles. The predicted octanol–water partition coefficient (Wildman–Crippen LogP) is 2.64. The van der Waals surface area contributed by atoms with E-state index in [4.69, 9.17) is 0 Å². The summed E-state index contributed by atoms with van der Waals surface area (Å²) in [4.78, 5) is 19.3. The average molecular weight is 313 g/mol. The number of hydrogen-bond donors (Lipinski definition) is 2. The normalized spacial score (nSPS) is 13.0. The van der Waals surface area contributed by atoms with Crippen LogP contribution in [0.1, 0.15) is 44.0 Å². The minimum absolute atomic E-state index is 0.109. The van der Waals surface area contributed by atoms with Crippen LogP contribution >= 0.6 is 11.3 Å². The highest BCUT2D eigenvalue weighted by atomic mass is 32.1. The van der Waals surface area contributed by atoms with Crippen LogP contribution in [-0.2, 0) is 13.0 Å². The van der Waals surface area contributed by atoms with Crippen LogP contribution in [0.5, 0.6) is 0 Å². The van der Waals surface area contributed by atoms with E-state index in [0.717, 1.165) is 11.4 Å². The Kier molecular flexibility index (Phi) is 6.61. The summed E-state index contributed by atoms with van der Waals surface area (Å²) in [6.07, 6.45) is 3.14. The summed E-state index contributed by atoms with van der Waals surface area (Å²) in [5.74, 6) is 0. The average Bonchev–Trinajstić information content (AvgIpc) is 2.82. The molecule has 0 saturated heterocycles. The van der Waals surface area contributed by atoms with Crippen LogP contribution in [0.3, 0.4) is 0 Å². The first-order chi connectivity index (χ1) is 9.73. The first kappa shape index (κ1) is 17.9. The number of thiazole rings is 1. The van der Waals surface area contributed by atoms with Crippen LogP contribution < -0.4 is 5.32 Å². The van der Waals surface area contributed by atoms with E-state index < -0.39 is 0 Å². The molecule has 1 unspecified atom stereocenters. The number of aliphatic hydroxyl groups excluding tert-OH is 1. The molecule has 120 valence electrons. The Balaban J connectivity index is 2.44. The minimum Gasteiger partial charge on any atom is -0.393 e. The van der Waals surface area contributed by atoms with Gasteiger partial charge in [0.2, 0.25) is 0 Å². The van der Waals surface area contributed by atoms with Gasteiger partial charge in [-0.2, -0.15) is 0 Å². The van der Waals surface area contributed by atoms with Crippen LogP contribution in [0.15, 0.2) is 6.20 Å². The number of aromatic nitrogens is 1. The lowest BCUT2D eigenvalue weighted by Gasteiger charge is -2.27. The number of urea groups is 1. The van der Waals surface area contributed by atoms with Crippen molar-refractivity contribution in [3.63, 3.8) is 0 Å². The largest absolute Gasteiger partial charge is 0.393 e. The molecule has 0 bridgehead atoms. The van der Waals surface area contributed by atoms with Gasteiger partial charge in [0.1, 0.15) is 5.01 Å². The molecular weight excluding hydrogens is 286 g/mol. The molecular formula is C15H27N3O2S. The second-order valence-corrected chi connectivity index (χ2v) is 7.51. The molecule has 6 heteroatoms. The molecule has 1 atom stereocenters. The molecule has 0 aliphatic rings. The van der Waals surface area contributed by atoms with E-state index in [0.29, 0.717) is 19.5 Å². The molecule has 2 amide bonds. The maximum absolute atomic E-state index is 12.1. The van der Waals surface area contributed by atoms with Crippen molar-refractivity contribution in [2.75, 3.05) is 13.6 Å². The number of nitrogens with zero attached hydrogens (tertiary/aromatic N) is 2. The molecule has 1 rings (SSSR count). The number of aryl methyl sites for hydroxylation is 1. The van der Waals surface area contributed by atoms with Crippen LogP contribution in [0.4, 0.5) is 4.79 Å². The van der Waals surface area contributed by atoms with Gasteiger partial charge in [-0.25, -0.2) is 9.78 Å². The second kappa shape index (κ2) is 7.75. The number of carbonyl (C=O) groups excluding carboxylic acids is 1. The predicted molar refractivity (Wildman–Crippen MR) is 86.4 cm³/mol. The molecule has 1 aromatic heterocycles. The molecule has 0 aromatic carbocycles. The fourth-order valence-electron chi connectivity index (χ4n) is 2.18. The molecule has 0 radical (unpaired) electrons. The smallest absolute Gasteiger partial charge is 0.317 e.